The van der Waals surface area contributed by atoms with E-state index in [9.17, 15) is 9.59 Å². The van der Waals surface area contributed by atoms with Crippen LogP contribution < -0.4 is 9.64 Å². The maximum Gasteiger partial charge on any atom is 0.338 e. The zero-order valence-corrected chi connectivity index (χ0v) is 17.3. The Morgan fingerprint density at radius 1 is 1.10 bits per heavy atom. The lowest BCUT2D eigenvalue weighted by atomic mass is 10.2. The SMILES string of the molecule is Cc1nc(COc2ccc(C(=O)O[C@@H](C)C(=O)N(C)c3ccccc3)cc2)cs1. The Hall–Kier alpha value is -3.19. The van der Waals surface area contributed by atoms with Gasteiger partial charge in [-0.1, -0.05) is 18.2 Å². The molecule has 0 unspecified atom stereocenters. The quantitative estimate of drug-likeness (QED) is 0.545. The van der Waals surface area contributed by atoms with Crippen molar-refractivity contribution in [1.29, 1.82) is 0 Å². The number of likely N-dealkylation sites (N-methyl/N-ethyl adjacent to an activating group) is 1. The molecule has 0 saturated heterocycles. The number of amides is 1. The summed E-state index contributed by atoms with van der Waals surface area (Å²) in [6, 6.07) is 15.8. The number of hydrogen-bond acceptors (Lipinski definition) is 6. The third kappa shape index (κ3) is 5.42. The van der Waals surface area contributed by atoms with Crippen LogP contribution in [0, 0.1) is 6.92 Å². The first-order valence-electron chi connectivity index (χ1n) is 9.11. The molecule has 0 radical (unpaired) electrons. The lowest BCUT2D eigenvalue weighted by Crippen LogP contribution is -2.37. The van der Waals surface area contributed by atoms with Gasteiger partial charge in [0.15, 0.2) is 6.10 Å². The van der Waals surface area contributed by atoms with Crippen molar-refractivity contribution in [3.63, 3.8) is 0 Å². The van der Waals surface area contributed by atoms with Crippen molar-refractivity contribution in [1.82, 2.24) is 4.98 Å². The monoisotopic (exact) mass is 410 g/mol. The van der Waals surface area contributed by atoms with Crippen molar-refractivity contribution < 1.29 is 19.1 Å². The summed E-state index contributed by atoms with van der Waals surface area (Å²) in [4.78, 5) is 30.7. The fourth-order valence-corrected chi connectivity index (χ4v) is 3.25. The summed E-state index contributed by atoms with van der Waals surface area (Å²) in [6.45, 7) is 3.87. The normalized spacial score (nSPS) is 11.6. The van der Waals surface area contributed by atoms with Crippen LogP contribution in [0.1, 0.15) is 28.0 Å². The number of esters is 1. The third-order valence-corrected chi connectivity index (χ3v) is 5.07. The van der Waals surface area contributed by atoms with Crippen LogP contribution in [0.3, 0.4) is 0 Å². The van der Waals surface area contributed by atoms with Crippen molar-refractivity contribution in [2.24, 2.45) is 0 Å². The highest BCUT2D eigenvalue weighted by molar-refractivity contribution is 7.09. The fourth-order valence-electron chi connectivity index (χ4n) is 2.65. The first kappa shape index (κ1) is 20.5. The molecular formula is C22H22N2O4S. The Kier molecular flexibility index (Phi) is 6.61. The summed E-state index contributed by atoms with van der Waals surface area (Å²) in [7, 11) is 1.65. The second kappa shape index (κ2) is 9.34. The van der Waals surface area contributed by atoms with Crippen LogP contribution in [0.25, 0.3) is 0 Å². The average Bonchev–Trinajstić information content (AvgIpc) is 3.17. The van der Waals surface area contributed by atoms with E-state index in [0.29, 0.717) is 17.9 Å². The van der Waals surface area contributed by atoms with Gasteiger partial charge in [-0.2, -0.15) is 0 Å². The number of carbonyl (C=O) groups excluding carboxylic acids is 2. The summed E-state index contributed by atoms with van der Waals surface area (Å²) in [5, 5.41) is 2.94. The van der Waals surface area contributed by atoms with Gasteiger partial charge in [-0.15, -0.1) is 11.3 Å². The molecule has 0 N–H and O–H groups in total. The zero-order valence-electron chi connectivity index (χ0n) is 16.5. The number of hydrogen-bond donors (Lipinski definition) is 0. The van der Waals surface area contributed by atoms with E-state index in [4.69, 9.17) is 9.47 Å². The van der Waals surface area contributed by atoms with Crippen LogP contribution in [0.4, 0.5) is 5.69 Å². The molecule has 0 aliphatic rings. The summed E-state index contributed by atoms with van der Waals surface area (Å²) < 4.78 is 11.0. The first-order chi connectivity index (χ1) is 13.9. The van der Waals surface area contributed by atoms with Crippen LogP contribution in [-0.2, 0) is 16.1 Å². The number of benzene rings is 2. The first-order valence-corrected chi connectivity index (χ1v) is 9.99. The predicted octanol–water partition coefficient (Wildman–Crippen LogP) is 4.24. The van der Waals surface area contributed by atoms with Crippen molar-refractivity contribution in [2.45, 2.75) is 26.6 Å². The van der Waals surface area contributed by atoms with Gasteiger partial charge < -0.3 is 14.4 Å². The van der Waals surface area contributed by atoms with Crippen LogP contribution in [0.5, 0.6) is 5.75 Å². The largest absolute Gasteiger partial charge is 0.487 e. The molecule has 7 heteroatoms. The standard InChI is InChI=1S/C22H22N2O4S/c1-15(21(25)24(3)19-7-5-4-6-8-19)28-22(26)17-9-11-20(12-10-17)27-13-18-14-29-16(2)23-18/h4-12,14-15H,13H2,1-3H3/t15-/m0/s1. The van der Waals surface area contributed by atoms with E-state index in [0.717, 1.165) is 16.4 Å². The average molecular weight is 410 g/mol. The van der Waals surface area contributed by atoms with Crippen LogP contribution >= 0.6 is 11.3 Å². The van der Waals surface area contributed by atoms with Gasteiger partial charge in [0.1, 0.15) is 12.4 Å². The van der Waals surface area contributed by atoms with E-state index in [1.807, 2.05) is 42.6 Å². The van der Waals surface area contributed by atoms with E-state index in [1.165, 1.54) is 4.90 Å². The molecule has 0 aliphatic heterocycles. The van der Waals surface area contributed by atoms with E-state index in [1.54, 1.807) is 49.6 Å². The summed E-state index contributed by atoms with van der Waals surface area (Å²) >= 11 is 1.57. The van der Waals surface area contributed by atoms with Crippen molar-refractivity contribution in [3.8, 4) is 5.75 Å². The van der Waals surface area contributed by atoms with Gasteiger partial charge in [-0.05, 0) is 50.2 Å². The molecule has 0 saturated carbocycles. The lowest BCUT2D eigenvalue weighted by Gasteiger charge is -2.21. The molecule has 0 spiro atoms. The lowest BCUT2D eigenvalue weighted by molar-refractivity contribution is -0.126. The number of ether oxygens (including phenoxy) is 2. The number of nitrogens with zero attached hydrogens (tertiary/aromatic N) is 2. The molecule has 3 rings (SSSR count). The van der Waals surface area contributed by atoms with Crippen molar-refractivity contribution in [2.75, 3.05) is 11.9 Å². The molecule has 3 aromatic rings. The molecule has 1 aromatic heterocycles. The number of rotatable bonds is 7. The van der Waals surface area contributed by atoms with Gasteiger partial charge in [0.05, 0.1) is 16.3 Å². The molecule has 150 valence electrons. The number of para-hydroxylation sites is 1. The van der Waals surface area contributed by atoms with Gasteiger partial charge in [-0.3, -0.25) is 4.79 Å². The van der Waals surface area contributed by atoms with Gasteiger partial charge in [0.25, 0.3) is 5.91 Å². The van der Waals surface area contributed by atoms with Gasteiger partial charge in [0, 0.05) is 18.1 Å². The molecule has 1 amide bonds. The number of aromatic nitrogens is 1. The third-order valence-electron chi connectivity index (χ3n) is 4.25. The minimum absolute atomic E-state index is 0.303. The smallest absolute Gasteiger partial charge is 0.338 e. The topological polar surface area (TPSA) is 68.7 Å². The highest BCUT2D eigenvalue weighted by Gasteiger charge is 2.23. The summed E-state index contributed by atoms with van der Waals surface area (Å²) in [5.41, 5.74) is 1.95. The number of thiazole rings is 1. The number of anilines is 1. The van der Waals surface area contributed by atoms with Crippen LogP contribution in [0.15, 0.2) is 60.0 Å². The molecule has 0 fully saturated rings. The zero-order chi connectivity index (χ0) is 20.8. The fraction of sp³-hybridized carbons (Fsp3) is 0.227. The molecule has 0 bridgehead atoms. The predicted molar refractivity (Wildman–Crippen MR) is 112 cm³/mol. The van der Waals surface area contributed by atoms with Gasteiger partial charge in [-0.25, -0.2) is 9.78 Å². The van der Waals surface area contributed by atoms with Gasteiger partial charge in [0.2, 0.25) is 0 Å². The minimum atomic E-state index is -0.906. The van der Waals surface area contributed by atoms with E-state index in [-0.39, 0.29) is 5.91 Å². The number of aryl methyl sites for hydroxylation is 1. The second-order valence-electron chi connectivity index (χ2n) is 6.45. The van der Waals surface area contributed by atoms with Crippen LogP contribution in [-0.4, -0.2) is 30.0 Å². The van der Waals surface area contributed by atoms with Crippen molar-refractivity contribution in [3.05, 3.63) is 76.2 Å². The second-order valence-corrected chi connectivity index (χ2v) is 7.51. The Bertz CT molecular complexity index is 970. The van der Waals surface area contributed by atoms with E-state index >= 15 is 0 Å². The highest BCUT2D eigenvalue weighted by atomic mass is 32.1. The molecule has 6 nitrogen and oxygen atoms in total. The Balaban J connectivity index is 1.55. The Morgan fingerprint density at radius 3 is 2.41 bits per heavy atom. The maximum absolute atomic E-state index is 12.5. The maximum atomic E-state index is 12.5. The molecule has 1 heterocycles. The minimum Gasteiger partial charge on any atom is -0.487 e. The summed E-state index contributed by atoms with van der Waals surface area (Å²) in [6.07, 6.45) is -0.906. The molecule has 29 heavy (non-hydrogen) atoms. The molecular weight excluding hydrogens is 388 g/mol. The molecule has 2 aromatic carbocycles. The van der Waals surface area contributed by atoms with E-state index < -0.39 is 12.1 Å². The van der Waals surface area contributed by atoms with Gasteiger partial charge >= 0.3 is 5.97 Å². The number of carbonyl (C=O) groups is 2. The Labute approximate surface area is 173 Å². The highest BCUT2D eigenvalue weighted by Crippen LogP contribution is 2.17. The summed E-state index contributed by atoms with van der Waals surface area (Å²) in [5.74, 6) is -0.239. The van der Waals surface area contributed by atoms with Crippen LogP contribution in [0.2, 0.25) is 0 Å². The van der Waals surface area contributed by atoms with E-state index in [2.05, 4.69) is 4.98 Å². The van der Waals surface area contributed by atoms with Crippen molar-refractivity contribution >= 4 is 28.9 Å². The molecule has 1 atom stereocenters. The molecule has 0 aliphatic carbocycles. The Morgan fingerprint density at radius 2 is 1.79 bits per heavy atom.